The summed E-state index contributed by atoms with van der Waals surface area (Å²) in [6.45, 7) is 11.4. The van der Waals surface area contributed by atoms with Crippen molar-refractivity contribution >= 4 is 34.6 Å². The zero-order valence-electron chi connectivity index (χ0n) is 23.3. The average molecular weight is 548 g/mol. The van der Waals surface area contributed by atoms with Gasteiger partial charge in [0.25, 0.3) is 0 Å². The molecule has 0 aliphatic heterocycles. The SMILES string of the molecule is CC(C)C(NC(=O)C[C@@H](C)C1CC[C@H]2[C@@H]3C(=O)C[C@@H]4C[C@H](O)CC[C@]4(C)[C@H]3CC[C@]12C)c1ccc(Cl)s1. The number of nitrogens with one attached hydrogen (secondary N) is 1. The van der Waals surface area contributed by atoms with Crippen molar-refractivity contribution in [3.05, 3.63) is 21.3 Å². The molecular formula is C31H46ClNO3S. The van der Waals surface area contributed by atoms with E-state index in [1.807, 2.05) is 12.1 Å². The van der Waals surface area contributed by atoms with Crippen molar-refractivity contribution in [2.75, 3.05) is 0 Å². The van der Waals surface area contributed by atoms with Gasteiger partial charge in [-0.1, -0.05) is 46.2 Å². The van der Waals surface area contributed by atoms with Crippen LogP contribution in [0.2, 0.25) is 4.34 Å². The maximum Gasteiger partial charge on any atom is 0.220 e. The van der Waals surface area contributed by atoms with E-state index in [1.165, 1.54) is 0 Å². The third kappa shape index (κ3) is 4.84. The van der Waals surface area contributed by atoms with Crippen LogP contribution in [0.15, 0.2) is 12.1 Å². The van der Waals surface area contributed by atoms with E-state index in [1.54, 1.807) is 11.3 Å². The number of hydrogen-bond donors (Lipinski definition) is 2. The van der Waals surface area contributed by atoms with Gasteiger partial charge in [-0.2, -0.15) is 0 Å². The van der Waals surface area contributed by atoms with Gasteiger partial charge in [0.05, 0.1) is 16.5 Å². The van der Waals surface area contributed by atoms with Crippen molar-refractivity contribution in [1.82, 2.24) is 5.32 Å². The molecule has 0 bridgehead atoms. The first-order valence-electron chi connectivity index (χ1n) is 14.7. The molecule has 5 rings (SSSR count). The van der Waals surface area contributed by atoms with E-state index in [9.17, 15) is 14.7 Å². The highest BCUT2D eigenvalue weighted by atomic mass is 35.5. The standard InChI is InChI=1S/C31H46ClNO3S/c1-17(2)29(25-8-9-26(32)37-25)33-27(36)14-18(3)21-6-7-22-28-23(11-13-31(21,22)5)30(4)12-10-20(34)15-19(30)16-24(28)35/h8-9,17-23,28-29,34H,6-7,10-16H2,1-5H3,(H,33,36)/t18-,19+,20-,21?,22+,23+,28+,29?,30+,31-/m1/s1. The van der Waals surface area contributed by atoms with Crippen molar-refractivity contribution in [2.24, 2.45) is 52.3 Å². The minimum absolute atomic E-state index is 0.0119. The molecule has 1 heterocycles. The normalized spacial score (nSPS) is 41.0. The van der Waals surface area contributed by atoms with Crippen molar-refractivity contribution in [2.45, 2.75) is 105 Å². The molecule has 0 aromatic carbocycles. The lowest BCUT2D eigenvalue weighted by Gasteiger charge is -2.60. The first kappa shape index (κ1) is 27.6. The summed E-state index contributed by atoms with van der Waals surface area (Å²) < 4.78 is 0.755. The van der Waals surface area contributed by atoms with Crippen LogP contribution in [0.25, 0.3) is 0 Å². The maximum absolute atomic E-state index is 13.6. The van der Waals surface area contributed by atoms with Crippen LogP contribution in [0, 0.1) is 52.3 Å². The topological polar surface area (TPSA) is 66.4 Å². The molecule has 37 heavy (non-hydrogen) atoms. The van der Waals surface area contributed by atoms with Crippen molar-refractivity contribution < 1.29 is 14.7 Å². The maximum atomic E-state index is 13.6. The molecule has 4 nitrogen and oxygen atoms in total. The summed E-state index contributed by atoms with van der Waals surface area (Å²) in [6, 6.07) is 3.93. The fraction of sp³-hybridized carbons (Fsp3) is 0.806. The summed E-state index contributed by atoms with van der Waals surface area (Å²) >= 11 is 7.73. The van der Waals surface area contributed by atoms with Crippen LogP contribution in [0.4, 0.5) is 0 Å². The second kappa shape index (κ2) is 10.2. The highest BCUT2D eigenvalue weighted by molar-refractivity contribution is 7.16. The third-order valence-electron chi connectivity index (χ3n) is 11.6. The largest absolute Gasteiger partial charge is 0.393 e. The van der Waals surface area contributed by atoms with Gasteiger partial charge in [0.1, 0.15) is 5.78 Å². The molecule has 4 aliphatic carbocycles. The lowest BCUT2D eigenvalue weighted by Crippen LogP contribution is -2.57. The Labute approximate surface area is 232 Å². The van der Waals surface area contributed by atoms with E-state index >= 15 is 0 Å². The van der Waals surface area contributed by atoms with Gasteiger partial charge in [0.2, 0.25) is 5.91 Å². The van der Waals surface area contributed by atoms with Crippen LogP contribution in [0.5, 0.6) is 0 Å². The zero-order chi connectivity index (χ0) is 26.7. The molecule has 4 aliphatic rings. The van der Waals surface area contributed by atoms with Crippen LogP contribution in [-0.4, -0.2) is 22.9 Å². The molecule has 1 aromatic heterocycles. The first-order chi connectivity index (χ1) is 17.4. The predicted octanol–water partition coefficient (Wildman–Crippen LogP) is 7.44. The van der Waals surface area contributed by atoms with Gasteiger partial charge < -0.3 is 10.4 Å². The number of aliphatic hydroxyl groups excluding tert-OH is 1. The molecule has 1 amide bonds. The van der Waals surface area contributed by atoms with Crippen LogP contribution >= 0.6 is 22.9 Å². The lowest BCUT2D eigenvalue weighted by molar-refractivity contribution is -0.161. The van der Waals surface area contributed by atoms with E-state index in [2.05, 4.69) is 39.9 Å². The summed E-state index contributed by atoms with van der Waals surface area (Å²) in [5.41, 5.74) is 0.325. The van der Waals surface area contributed by atoms with E-state index in [4.69, 9.17) is 11.6 Å². The molecule has 0 saturated heterocycles. The van der Waals surface area contributed by atoms with Crippen molar-refractivity contribution in [3.63, 3.8) is 0 Å². The second-order valence-corrected chi connectivity index (χ2v) is 15.6. The molecule has 2 N–H and O–H groups in total. The van der Waals surface area contributed by atoms with E-state index in [0.717, 1.165) is 54.2 Å². The Hall–Kier alpha value is -0.910. The predicted molar refractivity (Wildman–Crippen MR) is 150 cm³/mol. The van der Waals surface area contributed by atoms with E-state index < -0.39 is 0 Å². The van der Waals surface area contributed by atoms with Gasteiger partial charge in [-0.05, 0) is 103 Å². The second-order valence-electron chi connectivity index (χ2n) is 13.9. The average Bonchev–Trinajstić information content (AvgIpc) is 3.41. The smallest absolute Gasteiger partial charge is 0.220 e. The van der Waals surface area contributed by atoms with Crippen molar-refractivity contribution in [3.8, 4) is 0 Å². The molecular weight excluding hydrogens is 502 g/mol. The van der Waals surface area contributed by atoms with Crippen LogP contribution < -0.4 is 5.32 Å². The fourth-order valence-corrected chi connectivity index (χ4v) is 10.9. The van der Waals surface area contributed by atoms with E-state index in [0.29, 0.717) is 48.2 Å². The minimum atomic E-state index is -0.230. The van der Waals surface area contributed by atoms with Crippen molar-refractivity contribution in [1.29, 1.82) is 0 Å². The fourth-order valence-electron chi connectivity index (χ4n) is 9.61. The molecule has 4 saturated carbocycles. The molecule has 10 atom stereocenters. The van der Waals surface area contributed by atoms with Crippen LogP contribution in [-0.2, 0) is 9.59 Å². The Kier molecular flexibility index (Phi) is 7.66. The minimum Gasteiger partial charge on any atom is -0.393 e. The third-order valence-corrected chi connectivity index (χ3v) is 12.9. The van der Waals surface area contributed by atoms with Crippen LogP contribution in [0.3, 0.4) is 0 Å². The zero-order valence-corrected chi connectivity index (χ0v) is 24.8. The highest BCUT2D eigenvalue weighted by Gasteiger charge is 2.63. The Bertz CT molecular complexity index is 1020. The molecule has 6 heteroatoms. The number of aliphatic hydroxyl groups is 1. The molecule has 2 unspecified atom stereocenters. The number of carbonyl (C=O) groups is 2. The van der Waals surface area contributed by atoms with Gasteiger partial charge in [0, 0.05) is 23.6 Å². The molecule has 0 radical (unpaired) electrons. The first-order valence-corrected chi connectivity index (χ1v) is 15.9. The van der Waals surface area contributed by atoms with Gasteiger partial charge in [0.15, 0.2) is 0 Å². The Morgan fingerprint density at radius 3 is 2.49 bits per heavy atom. The number of carbonyl (C=O) groups excluding carboxylic acids is 2. The monoisotopic (exact) mass is 547 g/mol. The number of Topliss-reactive ketones (excluding diaryl/α,β-unsaturated/α-hetero) is 1. The lowest BCUT2D eigenvalue weighted by atomic mass is 9.44. The van der Waals surface area contributed by atoms with Crippen LogP contribution in [0.1, 0.15) is 103 Å². The Morgan fingerprint density at radius 1 is 1.11 bits per heavy atom. The van der Waals surface area contributed by atoms with Gasteiger partial charge in [-0.3, -0.25) is 9.59 Å². The summed E-state index contributed by atoms with van der Waals surface area (Å²) in [7, 11) is 0. The number of hydrogen-bond acceptors (Lipinski definition) is 4. The van der Waals surface area contributed by atoms with Gasteiger partial charge in [-0.15, -0.1) is 11.3 Å². The number of halogens is 1. The highest BCUT2D eigenvalue weighted by Crippen LogP contribution is 2.67. The number of fused-ring (bicyclic) bond motifs is 5. The number of rotatable bonds is 6. The van der Waals surface area contributed by atoms with Gasteiger partial charge in [-0.25, -0.2) is 0 Å². The summed E-state index contributed by atoms with van der Waals surface area (Å²) in [5.74, 6) is 3.08. The Morgan fingerprint density at radius 2 is 1.81 bits per heavy atom. The molecule has 0 spiro atoms. The van der Waals surface area contributed by atoms with Gasteiger partial charge >= 0.3 is 0 Å². The molecule has 206 valence electrons. The molecule has 1 aromatic rings. The molecule has 4 fully saturated rings. The number of ketones is 1. The quantitative estimate of drug-likeness (QED) is 0.389. The number of thiophene rings is 1. The summed E-state index contributed by atoms with van der Waals surface area (Å²) in [6.07, 6.45) is 8.24. The van der Waals surface area contributed by atoms with E-state index in [-0.39, 0.29) is 40.7 Å². The summed E-state index contributed by atoms with van der Waals surface area (Å²) in [4.78, 5) is 28.0. The Balaban J connectivity index is 1.28. The summed E-state index contributed by atoms with van der Waals surface area (Å²) in [5, 5.41) is 13.6. The number of amides is 1.